The first-order valence-electron chi connectivity index (χ1n) is 5.80. The first-order chi connectivity index (χ1) is 8.92. The average Bonchev–Trinajstić information content (AvgIpc) is 2.43. The molecule has 104 valence electrons. The first kappa shape index (κ1) is 14.9. The van der Waals surface area contributed by atoms with Gasteiger partial charge in [-0.15, -0.1) is 0 Å². The fourth-order valence-corrected chi connectivity index (χ4v) is 1.29. The van der Waals surface area contributed by atoms with Gasteiger partial charge in [-0.3, -0.25) is 9.78 Å². The molecule has 0 aliphatic heterocycles. The number of aromatic nitrogens is 2. The van der Waals surface area contributed by atoms with Crippen LogP contribution in [-0.2, 0) is 9.53 Å². The van der Waals surface area contributed by atoms with Gasteiger partial charge in [-0.2, -0.15) is 0 Å². The Bertz CT molecular complexity index is 478. The summed E-state index contributed by atoms with van der Waals surface area (Å²) in [5.74, 6) is -1.14. The van der Waals surface area contributed by atoms with Gasteiger partial charge in [0.1, 0.15) is 5.82 Å². The van der Waals surface area contributed by atoms with Crippen LogP contribution in [-0.4, -0.2) is 40.7 Å². The molecule has 2 N–H and O–H groups in total. The Morgan fingerprint density at radius 1 is 1.47 bits per heavy atom. The van der Waals surface area contributed by atoms with Crippen LogP contribution in [0.25, 0.3) is 0 Å². The van der Waals surface area contributed by atoms with Crippen LogP contribution in [0.5, 0.6) is 0 Å². The van der Waals surface area contributed by atoms with Crippen molar-refractivity contribution in [2.45, 2.75) is 20.3 Å². The van der Waals surface area contributed by atoms with Gasteiger partial charge in [0, 0.05) is 6.54 Å². The third kappa shape index (κ3) is 3.64. The second kappa shape index (κ2) is 6.12. The molecule has 1 aromatic rings. The number of anilines is 1. The fourth-order valence-electron chi connectivity index (χ4n) is 1.29. The summed E-state index contributed by atoms with van der Waals surface area (Å²) in [6, 6.07) is 0. The average molecular weight is 267 g/mol. The minimum atomic E-state index is -0.900. The van der Waals surface area contributed by atoms with Gasteiger partial charge in [0.25, 0.3) is 0 Å². The van der Waals surface area contributed by atoms with E-state index in [2.05, 4.69) is 20.0 Å². The minimum Gasteiger partial charge on any atom is -0.481 e. The lowest BCUT2D eigenvalue weighted by Gasteiger charge is -2.23. The molecule has 1 rings (SSSR count). The van der Waals surface area contributed by atoms with Crippen molar-refractivity contribution in [3.8, 4) is 0 Å². The number of methoxy groups -OCH3 is 1. The molecule has 0 aromatic carbocycles. The minimum absolute atomic E-state index is 0.0704. The van der Waals surface area contributed by atoms with Gasteiger partial charge in [0.2, 0.25) is 0 Å². The third-order valence-electron chi connectivity index (χ3n) is 2.99. The maximum Gasteiger partial charge on any atom is 0.358 e. The van der Waals surface area contributed by atoms with Crippen LogP contribution in [0.3, 0.4) is 0 Å². The lowest BCUT2D eigenvalue weighted by Crippen LogP contribution is -2.34. The van der Waals surface area contributed by atoms with Gasteiger partial charge >= 0.3 is 11.9 Å². The van der Waals surface area contributed by atoms with Crippen LogP contribution >= 0.6 is 0 Å². The molecule has 0 radical (unpaired) electrons. The molecule has 0 aliphatic carbocycles. The molecule has 1 heterocycles. The molecule has 1 atom stereocenters. The maximum absolute atomic E-state index is 11.3. The molecule has 1 aromatic heterocycles. The number of carboxylic acid groups (broad SMARTS) is 1. The van der Waals surface area contributed by atoms with E-state index >= 15 is 0 Å². The van der Waals surface area contributed by atoms with Crippen LogP contribution in [0.4, 0.5) is 5.82 Å². The number of hydrogen-bond donors (Lipinski definition) is 2. The summed E-state index contributed by atoms with van der Waals surface area (Å²) in [6.07, 6.45) is 3.18. The quantitative estimate of drug-likeness (QED) is 0.746. The number of hydrogen-bond acceptors (Lipinski definition) is 6. The number of carboxylic acids is 1. The standard InChI is InChI=1S/C12H17N3O4/c1-4-12(2,11(17)18)7-14-9-6-13-5-8(15-9)10(16)19-3/h5-6H,4,7H2,1-3H3,(H,14,15)(H,17,18). The molecular weight excluding hydrogens is 250 g/mol. The van der Waals surface area contributed by atoms with Crippen molar-refractivity contribution in [1.82, 2.24) is 9.97 Å². The number of esters is 1. The Hall–Kier alpha value is -2.18. The topological polar surface area (TPSA) is 101 Å². The van der Waals surface area contributed by atoms with Gasteiger partial charge in [0.15, 0.2) is 5.69 Å². The van der Waals surface area contributed by atoms with Crippen molar-refractivity contribution in [3.05, 3.63) is 18.1 Å². The molecule has 0 amide bonds. The van der Waals surface area contributed by atoms with E-state index in [1.165, 1.54) is 19.5 Å². The van der Waals surface area contributed by atoms with Crippen molar-refractivity contribution < 1.29 is 19.4 Å². The highest BCUT2D eigenvalue weighted by Crippen LogP contribution is 2.21. The van der Waals surface area contributed by atoms with Crippen LogP contribution in [0.15, 0.2) is 12.4 Å². The second-order valence-electron chi connectivity index (χ2n) is 4.35. The highest BCUT2D eigenvalue weighted by atomic mass is 16.5. The molecule has 0 spiro atoms. The molecule has 19 heavy (non-hydrogen) atoms. The Labute approximate surface area is 111 Å². The van der Waals surface area contributed by atoms with E-state index in [1.54, 1.807) is 13.8 Å². The molecule has 0 fully saturated rings. The number of nitrogens with zero attached hydrogens (tertiary/aromatic N) is 2. The molecule has 1 unspecified atom stereocenters. The Kier molecular flexibility index (Phi) is 4.80. The maximum atomic E-state index is 11.3. The molecule has 0 aliphatic rings. The van der Waals surface area contributed by atoms with Crippen molar-refractivity contribution in [2.24, 2.45) is 5.41 Å². The van der Waals surface area contributed by atoms with Gasteiger partial charge in [0.05, 0.1) is 24.9 Å². The number of carbonyl (C=O) groups is 2. The van der Waals surface area contributed by atoms with Gasteiger partial charge in [-0.25, -0.2) is 9.78 Å². The normalized spacial score (nSPS) is 13.4. The molecule has 0 saturated heterocycles. The smallest absolute Gasteiger partial charge is 0.358 e. The predicted octanol–water partition coefficient (Wildman–Crippen LogP) is 1.18. The Balaban J connectivity index is 2.78. The molecule has 0 bridgehead atoms. The fraction of sp³-hybridized carbons (Fsp3) is 0.500. The Morgan fingerprint density at radius 2 is 2.16 bits per heavy atom. The van der Waals surface area contributed by atoms with Crippen LogP contribution < -0.4 is 5.32 Å². The lowest BCUT2D eigenvalue weighted by molar-refractivity contribution is -0.147. The second-order valence-corrected chi connectivity index (χ2v) is 4.35. The summed E-state index contributed by atoms with van der Waals surface area (Å²) in [5.41, 5.74) is -0.829. The summed E-state index contributed by atoms with van der Waals surface area (Å²) in [4.78, 5) is 30.3. The van der Waals surface area contributed by atoms with Crippen LogP contribution in [0.1, 0.15) is 30.8 Å². The molecule has 7 heteroatoms. The zero-order valence-corrected chi connectivity index (χ0v) is 11.1. The monoisotopic (exact) mass is 267 g/mol. The predicted molar refractivity (Wildman–Crippen MR) is 67.9 cm³/mol. The van der Waals surface area contributed by atoms with Crippen LogP contribution in [0, 0.1) is 5.41 Å². The van der Waals surface area contributed by atoms with Gasteiger partial charge in [-0.05, 0) is 13.3 Å². The SMILES string of the molecule is CCC(C)(CNc1cncc(C(=O)OC)n1)C(=O)O. The third-order valence-corrected chi connectivity index (χ3v) is 2.99. The van der Waals surface area contributed by atoms with Crippen molar-refractivity contribution >= 4 is 17.8 Å². The van der Waals surface area contributed by atoms with Crippen LogP contribution in [0.2, 0.25) is 0 Å². The van der Waals surface area contributed by atoms with E-state index in [0.717, 1.165) is 0 Å². The zero-order valence-electron chi connectivity index (χ0n) is 11.1. The van der Waals surface area contributed by atoms with E-state index in [-0.39, 0.29) is 12.2 Å². The van der Waals surface area contributed by atoms with E-state index in [9.17, 15) is 9.59 Å². The van der Waals surface area contributed by atoms with Gasteiger partial charge < -0.3 is 15.2 Å². The van der Waals surface area contributed by atoms with E-state index in [1.807, 2.05) is 0 Å². The summed E-state index contributed by atoms with van der Waals surface area (Å²) in [5, 5.41) is 12.0. The number of rotatable bonds is 6. The van der Waals surface area contributed by atoms with E-state index in [0.29, 0.717) is 12.2 Å². The number of ether oxygens (including phenoxy) is 1. The van der Waals surface area contributed by atoms with E-state index < -0.39 is 17.4 Å². The van der Waals surface area contributed by atoms with Crippen molar-refractivity contribution in [1.29, 1.82) is 0 Å². The van der Waals surface area contributed by atoms with Gasteiger partial charge in [-0.1, -0.05) is 6.92 Å². The summed E-state index contributed by atoms with van der Waals surface area (Å²) in [6.45, 7) is 3.63. The lowest BCUT2D eigenvalue weighted by atomic mass is 9.88. The molecule has 0 saturated carbocycles. The summed E-state index contributed by atoms with van der Waals surface area (Å²) < 4.78 is 4.53. The highest BCUT2D eigenvalue weighted by molar-refractivity contribution is 5.87. The largest absolute Gasteiger partial charge is 0.481 e. The van der Waals surface area contributed by atoms with Crippen molar-refractivity contribution in [3.63, 3.8) is 0 Å². The molecular formula is C12H17N3O4. The van der Waals surface area contributed by atoms with E-state index in [4.69, 9.17) is 5.11 Å². The van der Waals surface area contributed by atoms with Crippen molar-refractivity contribution in [2.75, 3.05) is 19.0 Å². The number of carbonyl (C=O) groups excluding carboxylic acids is 1. The Morgan fingerprint density at radius 3 is 2.68 bits per heavy atom. The summed E-state index contributed by atoms with van der Waals surface area (Å²) >= 11 is 0. The highest BCUT2D eigenvalue weighted by Gasteiger charge is 2.30. The summed E-state index contributed by atoms with van der Waals surface area (Å²) in [7, 11) is 1.25. The number of aliphatic carboxylic acids is 1. The molecule has 7 nitrogen and oxygen atoms in total. The number of nitrogens with one attached hydrogen (secondary N) is 1. The zero-order chi connectivity index (χ0) is 14.5. The first-order valence-corrected chi connectivity index (χ1v) is 5.80.